The molecular formula is C25H30F2N2O. The molecule has 1 aliphatic carbocycles. The minimum atomic E-state index is -2.73. The van der Waals surface area contributed by atoms with E-state index in [-0.39, 0.29) is 5.41 Å². The third-order valence-corrected chi connectivity index (χ3v) is 7.05. The van der Waals surface area contributed by atoms with Gasteiger partial charge in [-0.1, -0.05) is 42.9 Å². The summed E-state index contributed by atoms with van der Waals surface area (Å²) in [4.78, 5) is 2.29. The minimum Gasteiger partial charge on any atom is -0.370 e. The summed E-state index contributed by atoms with van der Waals surface area (Å²) in [6, 6.07) is 5.98. The number of piperidine rings is 1. The maximum atomic E-state index is 13.9. The maximum absolute atomic E-state index is 13.9. The molecule has 1 aliphatic heterocycles. The van der Waals surface area contributed by atoms with E-state index in [1.165, 1.54) is 0 Å². The zero-order valence-electron chi connectivity index (χ0n) is 18.3. The van der Waals surface area contributed by atoms with E-state index in [1.807, 2.05) is 26.0 Å². The lowest BCUT2D eigenvalue weighted by molar-refractivity contribution is -0.0320. The second-order valence-corrected chi connectivity index (χ2v) is 9.44. The molecule has 0 spiro atoms. The molecule has 160 valence electrons. The zero-order chi connectivity index (χ0) is 21.8. The Labute approximate surface area is 177 Å². The van der Waals surface area contributed by atoms with Crippen molar-refractivity contribution >= 4 is 11.3 Å². The van der Waals surface area contributed by atoms with E-state index >= 15 is 0 Å². The van der Waals surface area contributed by atoms with Gasteiger partial charge in [0.25, 0.3) is 0 Å². The number of hydrogen-bond donors (Lipinski definition) is 0. The van der Waals surface area contributed by atoms with Crippen molar-refractivity contribution in [3.8, 4) is 0 Å². The lowest BCUT2D eigenvalue weighted by Crippen LogP contribution is -2.27. The topological polar surface area (TPSA) is 29.3 Å². The number of aromatic nitrogens is 1. The summed E-state index contributed by atoms with van der Waals surface area (Å²) in [6.45, 7) is 16.8. The van der Waals surface area contributed by atoms with E-state index in [4.69, 9.17) is 4.52 Å². The van der Waals surface area contributed by atoms with E-state index in [9.17, 15) is 8.78 Å². The molecule has 30 heavy (non-hydrogen) atoms. The summed E-state index contributed by atoms with van der Waals surface area (Å²) in [5.74, 6) is -2.95. The average Bonchev–Trinajstić information content (AvgIpc) is 2.99. The molecule has 0 bridgehead atoms. The van der Waals surface area contributed by atoms with Crippen molar-refractivity contribution in [2.24, 2.45) is 11.8 Å². The van der Waals surface area contributed by atoms with Gasteiger partial charge in [0, 0.05) is 41.2 Å². The SMILES string of the molecule is C=C(C)c1ccc(CC(C)C(C)(F)F)c(C(=C)N2CC3CC3(c3nocc3C)C2)c1. The first kappa shape index (κ1) is 20.8. The van der Waals surface area contributed by atoms with Crippen molar-refractivity contribution in [1.29, 1.82) is 0 Å². The molecule has 0 radical (unpaired) electrons. The van der Waals surface area contributed by atoms with Crippen molar-refractivity contribution < 1.29 is 13.3 Å². The Bertz CT molecular complexity index is 1000. The Morgan fingerprint density at radius 1 is 1.40 bits per heavy atom. The third kappa shape index (κ3) is 3.48. The van der Waals surface area contributed by atoms with Crippen LogP contribution in [0, 0.1) is 18.8 Å². The highest BCUT2D eigenvalue weighted by Crippen LogP contribution is 2.60. The summed E-state index contributed by atoms with van der Waals surface area (Å²) in [5, 5.41) is 4.27. The molecule has 0 N–H and O–H groups in total. The van der Waals surface area contributed by atoms with Crippen LogP contribution >= 0.6 is 0 Å². The Hall–Kier alpha value is -2.43. The van der Waals surface area contributed by atoms with E-state index in [0.29, 0.717) is 12.3 Å². The number of rotatable bonds is 7. The average molecular weight is 413 g/mol. The maximum Gasteiger partial charge on any atom is 0.248 e. The molecular weight excluding hydrogens is 382 g/mol. The second-order valence-electron chi connectivity index (χ2n) is 9.44. The first-order valence-corrected chi connectivity index (χ1v) is 10.5. The second kappa shape index (κ2) is 7.07. The van der Waals surface area contributed by atoms with Crippen molar-refractivity contribution in [2.75, 3.05) is 13.1 Å². The molecule has 1 saturated carbocycles. The van der Waals surface area contributed by atoms with E-state index in [1.54, 1.807) is 13.2 Å². The van der Waals surface area contributed by atoms with Crippen LogP contribution in [0.15, 0.2) is 42.1 Å². The standard InChI is InChI=1S/C25H30F2N2O/c1-15(2)19-7-8-20(9-17(4)24(6,26)27)22(10-19)18(5)29-12-21-11-25(21,14-29)23-16(3)13-30-28-23/h7-8,10,13,17,21H,1,5,9,11-12,14H2,2-4,6H3. The number of benzene rings is 1. The van der Waals surface area contributed by atoms with Crippen LogP contribution in [0.25, 0.3) is 11.3 Å². The van der Waals surface area contributed by atoms with Gasteiger partial charge >= 0.3 is 0 Å². The van der Waals surface area contributed by atoms with E-state index in [0.717, 1.165) is 65.7 Å². The summed E-state index contributed by atoms with van der Waals surface area (Å²) in [7, 11) is 0. The van der Waals surface area contributed by atoms with Crippen molar-refractivity contribution in [3.63, 3.8) is 0 Å². The number of likely N-dealkylation sites (tertiary alicyclic amines) is 1. The molecule has 1 aromatic heterocycles. The van der Waals surface area contributed by atoms with Gasteiger partial charge in [0.2, 0.25) is 5.92 Å². The molecule has 3 nitrogen and oxygen atoms in total. The van der Waals surface area contributed by atoms with Gasteiger partial charge in [0.05, 0.1) is 5.69 Å². The Balaban J connectivity index is 1.63. The molecule has 2 heterocycles. The summed E-state index contributed by atoms with van der Waals surface area (Å²) < 4.78 is 33.0. The highest BCUT2D eigenvalue weighted by Gasteiger charge is 2.63. The molecule has 5 heteroatoms. The predicted molar refractivity (Wildman–Crippen MR) is 116 cm³/mol. The number of fused-ring (bicyclic) bond motifs is 1. The summed E-state index contributed by atoms with van der Waals surface area (Å²) in [6.07, 6.45) is 3.12. The number of nitrogens with zero attached hydrogens (tertiary/aromatic N) is 2. The smallest absolute Gasteiger partial charge is 0.248 e. The third-order valence-electron chi connectivity index (χ3n) is 7.05. The Kier molecular flexibility index (Phi) is 4.91. The van der Waals surface area contributed by atoms with Crippen LogP contribution in [0.5, 0.6) is 0 Å². The number of hydrogen-bond acceptors (Lipinski definition) is 3. The largest absolute Gasteiger partial charge is 0.370 e. The molecule has 2 aromatic rings. The summed E-state index contributed by atoms with van der Waals surface area (Å²) >= 11 is 0. The van der Waals surface area contributed by atoms with Gasteiger partial charge in [-0.2, -0.15) is 0 Å². The first-order chi connectivity index (χ1) is 14.0. The normalized spacial score (nSPS) is 23.9. The van der Waals surface area contributed by atoms with Crippen LogP contribution in [0.1, 0.15) is 55.1 Å². The van der Waals surface area contributed by atoms with Crippen molar-refractivity contribution in [1.82, 2.24) is 10.1 Å². The number of aryl methyl sites for hydroxylation is 1. The Morgan fingerprint density at radius 3 is 2.73 bits per heavy atom. The molecule has 1 saturated heterocycles. The molecule has 2 fully saturated rings. The lowest BCUT2D eigenvalue weighted by Gasteiger charge is -2.28. The fourth-order valence-electron chi connectivity index (χ4n) is 4.79. The van der Waals surface area contributed by atoms with Gasteiger partial charge in [-0.05, 0) is 56.7 Å². The van der Waals surface area contributed by atoms with Crippen molar-refractivity contribution in [2.45, 2.75) is 51.9 Å². The molecule has 4 rings (SSSR count). The number of alkyl halides is 2. The van der Waals surface area contributed by atoms with E-state index < -0.39 is 11.8 Å². The van der Waals surface area contributed by atoms with Crippen molar-refractivity contribution in [3.05, 3.63) is 65.6 Å². The highest BCUT2D eigenvalue weighted by molar-refractivity contribution is 5.72. The van der Waals surface area contributed by atoms with Gasteiger partial charge in [-0.3, -0.25) is 0 Å². The van der Waals surface area contributed by atoms with Gasteiger partial charge in [0.1, 0.15) is 6.26 Å². The fraction of sp³-hybridized carbons (Fsp3) is 0.480. The molecule has 1 aromatic carbocycles. The van der Waals surface area contributed by atoms with Gasteiger partial charge in [-0.15, -0.1) is 0 Å². The van der Waals surface area contributed by atoms with Crippen LogP contribution < -0.4 is 0 Å². The molecule has 2 aliphatic rings. The monoisotopic (exact) mass is 412 g/mol. The Morgan fingerprint density at radius 2 is 2.13 bits per heavy atom. The highest BCUT2D eigenvalue weighted by atomic mass is 19.3. The molecule has 3 unspecified atom stereocenters. The zero-order valence-corrected chi connectivity index (χ0v) is 18.3. The van der Waals surface area contributed by atoms with Crippen LogP contribution in [0.2, 0.25) is 0 Å². The van der Waals surface area contributed by atoms with Gasteiger partial charge < -0.3 is 9.42 Å². The van der Waals surface area contributed by atoms with Crippen LogP contribution in [-0.4, -0.2) is 29.1 Å². The summed E-state index contributed by atoms with van der Waals surface area (Å²) in [5.41, 5.74) is 6.89. The minimum absolute atomic E-state index is 0.0376. The lowest BCUT2D eigenvalue weighted by atomic mass is 9.90. The van der Waals surface area contributed by atoms with Crippen LogP contribution in [0.3, 0.4) is 0 Å². The fourth-order valence-corrected chi connectivity index (χ4v) is 4.79. The number of allylic oxidation sites excluding steroid dienone is 1. The number of halogens is 2. The van der Waals surface area contributed by atoms with E-state index in [2.05, 4.69) is 29.3 Å². The first-order valence-electron chi connectivity index (χ1n) is 10.5. The quantitative estimate of drug-likeness (QED) is 0.551. The van der Waals surface area contributed by atoms with Gasteiger partial charge in [-0.25, -0.2) is 8.78 Å². The predicted octanol–water partition coefficient (Wildman–Crippen LogP) is 6.09. The van der Waals surface area contributed by atoms with Crippen LogP contribution in [-0.2, 0) is 11.8 Å². The van der Waals surface area contributed by atoms with Gasteiger partial charge in [0.15, 0.2) is 0 Å². The molecule has 3 atom stereocenters. The molecule has 0 amide bonds. The van der Waals surface area contributed by atoms with Crippen LogP contribution in [0.4, 0.5) is 8.78 Å².